The smallest absolute Gasteiger partial charge is 0.305 e. The van der Waals surface area contributed by atoms with Crippen LogP contribution in [0, 0.1) is 5.82 Å². The number of hydrogen-bond donors (Lipinski definition) is 2. The van der Waals surface area contributed by atoms with Gasteiger partial charge in [0, 0.05) is 17.8 Å². The Morgan fingerprint density at radius 1 is 1.37 bits per heavy atom. The first-order chi connectivity index (χ1) is 14.0. The maximum atomic E-state index is 14.0. The Labute approximate surface area is 170 Å². The Morgan fingerprint density at radius 3 is 2.63 bits per heavy atom. The molecule has 0 bridgehead atoms. The normalized spacial score (nSPS) is 15.6. The van der Waals surface area contributed by atoms with Crippen LogP contribution >= 0.6 is 0 Å². The third-order valence-corrected chi connectivity index (χ3v) is 5.95. The molecule has 2 aromatic rings. The zero-order valence-electron chi connectivity index (χ0n) is 16.2. The zero-order valence-corrected chi connectivity index (χ0v) is 17.0. The van der Waals surface area contributed by atoms with E-state index in [2.05, 4.69) is 19.8 Å². The Balaban J connectivity index is 2.05. The average molecular weight is 448 g/mol. The zero-order chi connectivity index (χ0) is 22.3. The van der Waals surface area contributed by atoms with Gasteiger partial charge in [-0.3, -0.25) is 4.68 Å². The van der Waals surface area contributed by atoms with Crippen LogP contribution in [-0.2, 0) is 41.9 Å². The fraction of sp³-hybridized carbons (Fsp3) is 0.471. The molecule has 2 aromatic heterocycles. The molecule has 13 heteroatoms. The fourth-order valence-electron chi connectivity index (χ4n) is 3.39. The number of carbonyl (C=O) groups excluding carboxylic acids is 1. The monoisotopic (exact) mass is 448 g/mol. The summed E-state index contributed by atoms with van der Waals surface area (Å²) in [6, 6.07) is -1.25. The SMILES string of the molecule is CCc1c(C(F)(F)F)nc2c(c1NC(=O)N=[S@](N)(=O)c1nn(CC)cc1F)CCC2. The van der Waals surface area contributed by atoms with Crippen molar-refractivity contribution in [2.75, 3.05) is 5.32 Å². The Bertz CT molecular complexity index is 1120. The first-order valence-corrected chi connectivity index (χ1v) is 10.8. The van der Waals surface area contributed by atoms with Crippen molar-refractivity contribution in [2.45, 2.75) is 57.3 Å². The van der Waals surface area contributed by atoms with E-state index in [-0.39, 0.29) is 29.9 Å². The van der Waals surface area contributed by atoms with E-state index < -0.39 is 38.7 Å². The van der Waals surface area contributed by atoms with Gasteiger partial charge >= 0.3 is 12.2 Å². The third-order valence-electron chi connectivity index (χ3n) is 4.68. The molecule has 1 atom stereocenters. The highest BCUT2D eigenvalue weighted by Gasteiger charge is 2.38. The molecule has 0 radical (unpaired) electrons. The number of aryl methyl sites for hydroxylation is 2. The lowest BCUT2D eigenvalue weighted by Gasteiger charge is -2.19. The number of rotatable bonds is 4. The number of pyridine rings is 1. The largest absolute Gasteiger partial charge is 0.433 e. The minimum absolute atomic E-state index is 0.0573. The van der Waals surface area contributed by atoms with Crippen LogP contribution in [0.3, 0.4) is 0 Å². The molecule has 164 valence electrons. The summed E-state index contributed by atoms with van der Waals surface area (Å²) in [7, 11) is -4.05. The van der Waals surface area contributed by atoms with Crippen molar-refractivity contribution < 1.29 is 26.6 Å². The summed E-state index contributed by atoms with van der Waals surface area (Å²) in [5.41, 5.74) is -0.612. The Kier molecular flexibility index (Phi) is 5.87. The van der Waals surface area contributed by atoms with E-state index in [0.29, 0.717) is 24.8 Å². The number of amides is 2. The van der Waals surface area contributed by atoms with Gasteiger partial charge in [0.25, 0.3) is 0 Å². The first-order valence-electron chi connectivity index (χ1n) is 9.18. The number of anilines is 1. The van der Waals surface area contributed by atoms with Crippen molar-refractivity contribution in [1.29, 1.82) is 0 Å². The summed E-state index contributed by atoms with van der Waals surface area (Å²) < 4.78 is 71.5. The van der Waals surface area contributed by atoms with Gasteiger partial charge in [0.15, 0.2) is 15.7 Å². The molecule has 0 fully saturated rings. The quantitative estimate of drug-likeness (QED) is 0.697. The number of carbonyl (C=O) groups is 1. The lowest BCUT2D eigenvalue weighted by molar-refractivity contribution is -0.141. The van der Waals surface area contributed by atoms with Crippen LogP contribution in [0.15, 0.2) is 15.6 Å². The number of nitrogens with one attached hydrogen (secondary N) is 1. The fourth-order valence-corrected chi connectivity index (χ4v) is 4.32. The van der Waals surface area contributed by atoms with E-state index in [1.807, 2.05) is 0 Å². The van der Waals surface area contributed by atoms with Gasteiger partial charge in [0.2, 0.25) is 5.03 Å². The first kappa shape index (κ1) is 22.2. The van der Waals surface area contributed by atoms with Crippen LogP contribution in [0.2, 0.25) is 0 Å². The van der Waals surface area contributed by atoms with Crippen LogP contribution < -0.4 is 10.5 Å². The molecule has 30 heavy (non-hydrogen) atoms. The van der Waals surface area contributed by atoms with Crippen molar-refractivity contribution >= 4 is 21.6 Å². The molecule has 0 saturated carbocycles. The number of aromatic nitrogens is 3. The highest BCUT2D eigenvalue weighted by atomic mass is 32.2. The molecule has 0 aromatic carbocycles. The van der Waals surface area contributed by atoms with Crippen LogP contribution in [0.5, 0.6) is 0 Å². The number of alkyl halides is 3. The van der Waals surface area contributed by atoms with Gasteiger partial charge in [-0.25, -0.2) is 23.5 Å². The number of hydrogen-bond acceptors (Lipinski definition) is 4. The molecule has 2 heterocycles. The average Bonchev–Trinajstić information content (AvgIpc) is 3.26. The molecule has 1 aliphatic carbocycles. The van der Waals surface area contributed by atoms with Crippen LogP contribution in [0.1, 0.15) is 42.8 Å². The van der Waals surface area contributed by atoms with Crippen molar-refractivity contribution in [2.24, 2.45) is 9.50 Å². The van der Waals surface area contributed by atoms with E-state index >= 15 is 0 Å². The van der Waals surface area contributed by atoms with Gasteiger partial charge in [-0.15, -0.1) is 4.36 Å². The van der Waals surface area contributed by atoms with Crippen LogP contribution in [-0.4, -0.2) is 25.0 Å². The number of halogens is 4. The maximum Gasteiger partial charge on any atom is 0.433 e. The molecule has 8 nitrogen and oxygen atoms in total. The maximum absolute atomic E-state index is 14.0. The summed E-state index contributed by atoms with van der Waals surface area (Å²) in [6.07, 6.45) is -2.46. The molecule has 0 unspecified atom stereocenters. The van der Waals surface area contributed by atoms with Gasteiger partial charge in [0.1, 0.15) is 5.69 Å². The van der Waals surface area contributed by atoms with Gasteiger partial charge in [-0.2, -0.15) is 18.3 Å². The topological polar surface area (TPSA) is 115 Å². The summed E-state index contributed by atoms with van der Waals surface area (Å²) in [6.45, 7) is 3.42. The summed E-state index contributed by atoms with van der Waals surface area (Å²) in [4.78, 5) is 16.2. The molecule has 1 aliphatic rings. The minimum atomic E-state index is -4.71. The van der Waals surface area contributed by atoms with Crippen molar-refractivity contribution in [1.82, 2.24) is 14.8 Å². The van der Waals surface area contributed by atoms with Crippen molar-refractivity contribution in [3.8, 4) is 0 Å². The lowest BCUT2D eigenvalue weighted by atomic mass is 10.0. The number of nitrogens with zero attached hydrogens (tertiary/aromatic N) is 4. The van der Waals surface area contributed by atoms with Gasteiger partial charge < -0.3 is 5.32 Å². The van der Waals surface area contributed by atoms with E-state index in [0.717, 1.165) is 10.9 Å². The highest BCUT2D eigenvalue weighted by Crippen LogP contribution is 2.39. The van der Waals surface area contributed by atoms with Gasteiger partial charge in [-0.1, -0.05) is 6.92 Å². The molecular formula is C17H20F4N6O2S. The predicted octanol–water partition coefficient (Wildman–Crippen LogP) is 3.44. The molecule has 0 aliphatic heterocycles. The molecular weight excluding hydrogens is 428 g/mol. The van der Waals surface area contributed by atoms with Gasteiger partial charge in [0.05, 0.1) is 11.9 Å². The van der Waals surface area contributed by atoms with Crippen molar-refractivity contribution in [3.63, 3.8) is 0 Å². The summed E-state index contributed by atoms with van der Waals surface area (Å²) >= 11 is 0. The molecule has 3 N–H and O–H groups in total. The third kappa shape index (κ3) is 4.17. The van der Waals surface area contributed by atoms with Crippen LogP contribution in [0.25, 0.3) is 0 Å². The van der Waals surface area contributed by atoms with E-state index in [4.69, 9.17) is 5.14 Å². The number of urea groups is 1. The second kappa shape index (κ2) is 7.95. The molecule has 3 rings (SSSR count). The summed E-state index contributed by atoms with van der Waals surface area (Å²) in [5.74, 6) is -1.00. The van der Waals surface area contributed by atoms with E-state index in [1.54, 1.807) is 6.92 Å². The van der Waals surface area contributed by atoms with E-state index in [9.17, 15) is 26.6 Å². The highest BCUT2D eigenvalue weighted by molar-refractivity contribution is 7.91. The number of nitrogens with two attached hydrogens (primary N) is 1. The lowest BCUT2D eigenvalue weighted by Crippen LogP contribution is -2.22. The standard InChI is InChI=1S/C17H20F4N6O2S/c1-3-9-13(10-6-5-7-12(10)23-14(9)17(19,20)21)24-16(28)26-30(22,29)15-11(18)8-27(4-2)25-15/h8H,3-7H2,1-2H3,(H3,22,23,24,26,28,29)/t30-/m0/s1. The van der Waals surface area contributed by atoms with E-state index in [1.165, 1.54) is 6.92 Å². The number of fused-ring (bicyclic) bond motifs is 1. The minimum Gasteiger partial charge on any atom is -0.305 e. The predicted molar refractivity (Wildman–Crippen MR) is 101 cm³/mol. The Hall–Kier alpha value is -2.54. The molecule has 2 amide bonds. The molecule has 0 spiro atoms. The summed E-state index contributed by atoms with van der Waals surface area (Å²) in [5, 5.41) is 10.8. The second-order valence-corrected chi connectivity index (χ2v) is 8.38. The molecule has 0 saturated heterocycles. The van der Waals surface area contributed by atoms with Crippen molar-refractivity contribution in [3.05, 3.63) is 34.5 Å². The van der Waals surface area contributed by atoms with Gasteiger partial charge in [-0.05, 0) is 38.2 Å². The Morgan fingerprint density at radius 2 is 2.07 bits per heavy atom. The van der Waals surface area contributed by atoms with Crippen LogP contribution in [0.4, 0.5) is 28.0 Å². The second-order valence-electron chi connectivity index (χ2n) is 6.67.